The Morgan fingerprint density at radius 2 is 1.73 bits per heavy atom. The van der Waals surface area contributed by atoms with Crippen molar-refractivity contribution >= 4 is 28.8 Å². The van der Waals surface area contributed by atoms with Crippen molar-refractivity contribution in [1.82, 2.24) is 4.90 Å². The molecule has 5 nitrogen and oxygen atoms in total. The molecule has 0 amide bonds. The van der Waals surface area contributed by atoms with Crippen molar-refractivity contribution in [3.63, 3.8) is 0 Å². The van der Waals surface area contributed by atoms with E-state index >= 15 is 0 Å². The molecule has 0 unspecified atom stereocenters. The minimum absolute atomic E-state index is 0.262. The first-order chi connectivity index (χ1) is 12.4. The highest BCUT2D eigenvalue weighted by molar-refractivity contribution is 7.80. The number of pyridine rings is 1. The van der Waals surface area contributed by atoms with Gasteiger partial charge in [0, 0.05) is 11.8 Å². The molecule has 1 aromatic carbocycles. The Balaban J connectivity index is 1.51. The fraction of sp³-hybridized carbons (Fsp3) is 0.294. The molecule has 0 radical (unpaired) electrons. The molecule has 0 atom stereocenters. The van der Waals surface area contributed by atoms with Crippen LogP contribution < -0.4 is 19.9 Å². The molecular weight excluding hydrogens is 365 g/mol. The summed E-state index contributed by atoms with van der Waals surface area (Å²) in [5.74, 6) is 0.799. The molecule has 138 valence electrons. The number of halogens is 3. The Hall–Kier alpha value is -2.55. The first-order valence-corrected chi connectivity index (χ1v) is 8.45. The number of aromatic nitrogens is 1. The van der Waals surface area contributed by atoms with Crippen molar-refractivity contribution in [1.29, 1.82) is 0 Å². The summed E-state index contributed by atoms with van der Waals surface area (Å²) in [6.07, 6.45) is -2.81. The largest absolute Gasteiger partial charge is 0.573 e. The Bertz CT molecular complexity index is 732. The van der Waals surface area contributed by atoms with Crippen molar-refractivity contribution in [2.75, 3.05) is 36.4 Å². The van der Waals surface area contributed by atoms with Crippen LogP contribution in [0.4, 0.5) is 24.7 Å². The number of alkyl halides is 3. The average molecular weight is 383 g/mol. The minimum atomic E-state index is -4.69. The first kappa shape index (κ1) is 18.2. The molecule has 1 saturated heterocycles. The topological polar surface area (TPSA) is 41.9 Å². The van der Waals surface area contributed by atoms with E-state index in [1.54, 1.807) is 0 Å². The number of thiocarbonyl (C=S) groups is 1. The van der Waals surface area contributed by atoms with E-state index in [0.717, 1.165) is 32.0 Å². The van der Waals surface area contributed by atoms with E-state index in [1.807, 2.05) is 29.3 Å². The van der Waals surface area contributed by atoms with Gasteiger partial charge in [-0.05, 0) is 42.5 Å². The quantitative estimate of drug-likeness (QED) is 0.826. The van der Waals surface area contributed by atoms with Crippen LogP contribution in [-0.2, 0) is 0 Å². The number of hydrogen-bond donors (Lipinski definition) is 1. The van der Waals surface area contributed by atoms with Gasteiger partial charge in [-0.2, -0.15) is 0 Å². The SMILES string of the molecule is FC(F)(F)Oc1ccc(NC(=S)N2CCN(c3cccc[nH+]3)CC2)cc1. The molecule has 9 heteroatoms. The second kappa shape index (κ2) is 7.77. The molecule has 0 saturated carbocycles. The lowest BCUT2D eigenvalue weighted by molar-refractivity contribution is -0.364. The molecule has 1 aliphatic rings. The Kier molecular flexibility index (Phi) is 5.46. The number of aromatic amines is 1. The van der Waals surface area contributed by atoms with Crippen molar-refractivity contribution < 1.29 is 22.9 Å². The number of rotatable bonds is 3. The monoisotopic (exact) mass is 383 g/mol. The van der Waals surface area contributed by atoms with Gasteiger partial charge in [0.15, 0.2) is 5.11 Å². The maximum Gasteiger partial charge on any atom is 0.573 e. The smallest absolute Gasteiger partial charge is 0.406 e. The molecule has 0 aliphatic carbocycles. The zero-order valence-corrected chi connectivity index (χ0v) is 14.6. The Labute approximate surface area is 154 Å². The Morgan fingerprint density at radius 3 is 2.31 bits per heavy atom. The summed E-state index contributed by atoms with van der Waals surface area (Å²) in [5.41, 5.74) is 0.614. The third kappa shape index (κ3) is 4.98. The lowest BCUT2D eigenvalue weighted by Crippen LogP contribution is -2.51. The molecular formula is C17H18F3N4OS+. The highest BCUT2D eigenvalue weighted by atomic mass is 32.1. The maximum absolute atomic E-state index is 12.2. The number of nitrogens with zero attached hydrogens (tertiary/aromatic N) is 2. The van der Waals surface area contributed by atoms with E-state index in [9.17, 15) is 13.2 Å². The summed E-state index contributed by atoms with van der Waals surface area (Å²) in [6.45, 7) is 3.15. The Morgan fingerprint density at radius 1 is 1.04 bits per heavy atom. The molecule has 1 fully saturated rings. The summed E-state index contributed by atoms with van der Waals surface area (Å²) >= 11 is 5.41. The molecule has 0 bridgehead atoms. The number of anilines is 2. The van der Waals surface area contributed by atoms with Gasteiger partial charge in [-0.3, -0.25) is 4.90 Å². The van der Waals surface area contributed by atoms with E-state index in [2.05, 4.69) is 19.9 Å². The maximum atomic E-state index is 12.2. The average Bonchev–Trinajstić information content (AvgIpc) is 2.63. The number of hydrogen-bond acceptors (Lipinski definition) is 3. The minimum Gasteiger partial charge on any atom is -0.406 e. The van der Waals surface area contributed by atoms with Crippen LogP contribution >= 0.6 is 12.2 Å². The molecule has 0 spiro atoms. The van der Waals surface area contributed by atoms with Crippen LogP contribution in [0.15, 0.2) is 48.7 Å². The molecule has 3 rings (SSSR count). The predicted molar refractivity (Wildman–Crippen MR) is 96.1 cm³/mol. The van der Waals surface area contributed by atoms with Gasteiger partial charge < -0.3 is 15.0 Å². The number of nitrogens with one attached hydrogen (secondary N) is 2. The zero-order chi connectivity index (χ0) is 18.6. The standard InChI is InChI=1S/C17H17F3N4OS/c18-17(19,20)25-14-6-4-13(5-7-14)22-16(26)24-11-9-23(10-12-24)15-3-1-2-8-21-15/h1-8H,9-12H2,(H,22,26)/p+1. The lowest BCUT2D eigenvalue weighted by atomic mass is 10.3. The normalized spacial score (nSPS) is 14.9. The van der Waals surface area contributed by atoms with Crippen LogP contribution in [0.1, 0.15) is 0 Å². The van der Waals surface area contributed by atoms with Crippen LogP contribution in [0, 0.1) is 0 Å². The van der Waals surface area contributed by atoms with Crippen LogP contribution in [0.5, 0.6) is 5.75 Å². The van der Waals surface area contributed by atoms with Crippen LogP contribution in [0.3, 0.4) is 0 Å². The van der Waals surface area contributed by atoms with Crippen LogP contribution in [-0.4, -0.2) is 42.6 Å². The van der Waals surface area contributed by atoms with Gasteiger partial charge in [0.2, 0.25) is 0 Å². The number of H-pyrrole nitrogens is 1. The summed E-state index contributed by atoms with van der Waals surface area (Å²) < 4.78 is 40.4. The summed E-state index contributed by atoms with van der Waals surface area (Å²) in [7, 11) is 0. The summed E-state index contributed by atoms with van der Waals surface area (Å²) in [6, 6.07) is 11.4. The van der Waals surface area contributed by atoms with E-state index < -0.39 is 6.36 Å². The number of benzene rings is 1. The van der Waals surface area contributed by atoms with Crippen LogP contribution in [0.2, 0.25) is 0 Å². The zero-order valence-electron chi connectivity index (χ0n) is 13.8. The summed E-state index contributed by atoms with van der Waals surface area (Å²) in [5, 5.41) is 3.60. The highest BCUT2D eigenvalue weighted by Crippen LogP contribution is 2.24. The number of ether oxygens (including phenoxy) is 1. The fourth-order valence-electron chi connectivity index (χ4n) is 2.67. The van der Waals surface area contributed by atoms with Crippen molar-refractivity contribution in [2.45, 2.75) is 6.36 Å². The molecule has 26 heavy (non-hydrogen) atoms. The van der Waals surface area contributed by atoms with Crippen molar-refractivity contribution in [3.05, 3.63) is 48.7 Å². The van der Waals surface area contributed by atoms with Crippen LogP contribution in [0.25, 0.3) is 0 Å². The third-order valence-electron chi connectivity index (χ3n) is 3.94. The van der Waals surface area contributed by atoms with E-state index in [1.165, 1.54) is 24.3 Å². The van der Waals surface area contributed by atoms with Gasteiger partial charge in [-0.15, -0.1) is 13.2 Å². The molecule has 1 aliphatic heterocycles. The highest BCUT2D eigenvalue weighted by Gasteiger charge is 2.31. The first-order valence-electron chi connectivity index (χ1n) is 8.04. The molecule has 2 heterocycles. The lowest BCUT2D eigenvalue weighted by Gasteiger charge is -2.32. The van der Waals surface area contributed by atoms with Gasteiger partial charge in [0.25, 0.3) is 5.82 Å². The van der Waals surface area contributed by atoms with Crippen molar-refractivity contribution in [2.24, 2.45) is 0 Å². The van der Waals surface area contributed by atoms with Gasteiger partial charge in [-0.25, -0.2) is 4.98 Å². The second-order valence-electron chi connectivity index (χ2n) is 5.72. The van der Waals surface area contributed by atoms with E-state index in [0.29, 0.717) is 10.8 Å². The van der Waals surface area contributed by atoms with Gasteiger partial charge in [0.1, 0.15) is 18.8 Å². The van der Waals surface area contributed by atoms with Gasteiger partial charge in [-0.1, -0.05) is 6.07 Å². The summed E-state index contributed by atoms with van der Waals surface area (Å²) in [4.78, 5) is 7.49. The molecule has 2 aromatic rings. The van der Waals surface area contributed by atoms with Gasteiger partial charge >= 0.3 is 6.36 Å². The van der Waals surface area contributed by atoms with E-state index in [-0.39, 0.29) is 5.75 Å². The van der Waals surface area contributed by atoms with Gasteiger partial charge in [0.05, 0.1) is 19.3 Å². The number of piperazine rings is 1. The predicted octanol–water partition coefficient (Wildman–Crippen LogP) is 2.92. The fourth-order valence-corrected chi connectivity index (χ4v) is 2.97. The third-order valence-corrected chi connectivity index (χ3v) is 4.30. The van der Waals surface area contributed by atoms with Crippen molar-refractivity contribution in [3.8, 4) is 5.75 Å². The second-order valence-corrected chi connectivity index (χ2v) is 6.11. The van der Waals surface area contributed by atoms with E-state index in [4.69, 9.17) is 12.2 Å². The molecule has 1 aromatic heterocycles. The molecule has 2 N–H and O–H groups in total.